The highest BCUT2D eigenvalue weighted by Gasteiger charge is 2.22. The van der Waals surface area contributed by atoms with Crippen molar-refractivity contribution in [1.82, 2.24) is 8.97 Å². The van der Waals surface area contributed by atoms with Gasteiger partial charge in [0.25, 0.3) is 0 Å². The molecular weight excluding hydrogens is 436 g/mol. The lowest BCUT2D eigenvalue weighted by atomic mass is 10.0. The smallest absolute Gasteiger partial charge is 0.410 e. The Kier molecular flexibility index (Phi) is 3.80. The average Bonchev–Trinajstić information content (AvgIpc) is 3.22. The second-order valence-corrected chi connectivity index (χ2v) is 8.63. The first-order valence-corrected chi connectivity index (χ1v) is 11.3. The molecule has 0 atom stereocenters. The zero-order chi connectivity index (χ0) is 23.8. The van der Waals surface area contributed by atoms with Crippen molar-refractivity contribution in [3.05, 3.63) is 117 Å². The van der Waals surface area contributed by atoms with E-state index in [4.69, 9.17) is 4.42 Å². The fourth-order valence-corrected chi connectivity index (χ4v) is 5.44. The van der Waals surface area contributed by atoms with E-state index in [1.54, 1.807) is 18.2 Å². The summed E-state index contributed by atoms with van der Waals surface area (Å²) >= 11 is 0. The number of fused-ring (bicyclic) bond motifs is 6. The molecule has 0 radical (unpaired) electrons. The van der Waals surface area contributed by atoms with Gasteiger partial charge in [-0.1, -0.05) is 61.7 Å². The Hall–Kier alpha value is -4.90. The van der Waals surface area contributed by atoms with Crippen molar-refractivity contribution in [3.63, 3.8) is 0 Å². The number of benzene rings is 4. The van der Waals surface area contributed by atoms with Gasteiger partial charge in [0.1, 0.15) is 5.42 Å². The molecule has 0 N–H and O–H groups in total. The Labute approximate surface area is 198 Å². The summed E-state index contributed by atoms with van der Waals surface area (Å²) in [5, 5.41) is 3.28. The van der Waals surface area contributed by atoms with Crippen LogP contribution >= 0.6 is 0 Å². The van der Waals surface area contributed by atoms with Gasteiger partial charge < -0.3 is 8.98 Å². The molecule has 0 saturated carbocycles. The lowest BCUT2D eigenvalue weighted by molar-refractivity contribution is 0.457. The molecule has 3 aromatic heterocycles. The Morgan fingerprint density at radius 2 is 1.40 bits per heavy atom. The fraction of sp³-hybridized carbons (Fsp3) is 0. The highest BCUT2D eigenvalue weighted by molar-refractivity contribution is 6.22. The first-order valence-electron chi connectivity index (χ1n) is 11.3. The number of para-hydroxylation sites is 2. The summed E-state index contributed by atoms with van der Waals surface area (Å²) in [6, 6.07) is 25.4. The fourth-order valence-electron chi connectivity index (χ4n) is 5.44. The van der Waals surface area contributed by atoms with Gasteiger partial charge in [-0.05, 0) is 42.0 Å². The Bertz CT molecular complexity index is 2180. The van der Waals surface area contributed by atoms with Gasteiger partial charge in [0.05, 0.1) is 22.1 Å². The largest absolute Gasteiger partial charge is 0.424 e. The minimum atomic E-state index is -0.581. The molecular formula is C30H18N2O3. The average molecular weight is 454 g/mol. The van der Waals surface area contributed by atoms with Crippen LogP contribution in [0.5, 0.6) is 0 Å². The summed E-state index contributed by atoms with van der Waals surface area (Å²) in [7, 11) is 0. The van der Waals surface area contributed by atoms with Crippen LogP contribution in [0.15, 0.2) is 99.4 Å². The van der Waals surface area contributed by atoms with Crippen LogP contribution in [0.2, 0.25) is 0 Å². The number of hydrogen-bond acceptors (Lipinski definition) is 3. The van der Waals surface area contributed by atoms with Crippen molar-refractivity contribution in [2.24, 2.45) is 0 Å². The van der Waals surface area contributed by atoms with Gasteiger partial charge in [-0.25, -0.2) is 9.20 Å². The van der Waals surface area contributed by atoms with Crippen molar-refractivity contribution in [2.75, 3.05) is 0 Å². The maximum atomic E-state index is 13.8. The number of aromatic nitrogens is 2. The van der Waals surface area contributed by atoms with Crippen molar-refractivity contribution < 1.29 is 4.42 Å². The van der Waals surface area contributed by atoms with Gasteiger partial charge >= 0.3 is 5.76 Å². The van der Waals surface area contributed by atoms with E-state index in [0.717, 1.165) is 33.1 Å². The van der Waals surface area contributed by atoms with Crippen LogP contribution in [-0.2, 0) is 0 Å². The lowest BCUT2D eigenvalue weighted by Gasteiger charge is -2.13. The third-order valence-corrected chi connectivity index (χ3v) is 6.86. The van der Waals surface area contributed by atoms with Crippen LogP contribution < -0.4 is 16.6 Å². The number of nitrogens with zero attached hydrogens (tertiary/aromatic N) is 2. The molecule has 0 aliphatic heterocycles. The molecule has 0 unspecified atom stereocenters. The minimum absolute atomic E-state index is 0.135. The van der Waals surface area contributed by atoms with E-state index in [0.29, 0.717) is 27.2 Å². The normalized spacial score (nSPS) is 11.9. The van der Waals surface area contributed by atoms with Gasteiger partial charge in [-0.2, -0.15) is 0 Å². The molecule has 7 rings (SSSR count). The molecule has 0 saturated heterocycles. The second kappa shape index (κ2) is 6.81. The summed E-state index contributed by atoms with van der Waals surface area (Å²) in [4.78, 5) is 27.2. The maximum absolute atomic E-state index is 13.8. The molecule has 0 aliphatic rings. The Balaban J connectivity index is 1.88. The lowest BCUT2D eigenvalue weighted by Crippen LogP contribution is -2.24. The third kappa shape index (κ3) is 2.41. The Morgan fingerprint density at radius 3 is 2.17 bits per heavy atom. The maximum Gasteiger partial charge on any atom is 0.424 e. The monoisotopic (exact) mass is 454 g/mol. The summed E-state index contributed by atoms with van der Waals surface area (Å²) in [5.41, 5.74) is 4.74. The molecule has 0 bridgehead atoms. The van der Waals surface area contributed by atoms with E-state index >= 15 is 0 Å². The summed E-state index contributed by atoms with van der Waals surface area (Å²) < 4.78 is 9.31. The predicted octanol–water partition coefficient (Wildman–Crippen LogP) is 5.43. The van der Waals surface area contributed by atoms with E-state index in [1.807, 2.05) is 66.7 Å². The molecule has 3 heterocycles. The van der Waals surface area contributed by atoms with Crippen molar-refractivity contribution in [1.29, 1.82) is 0 Å². The van der Waals surface area contributed by atoms with Crippen LogP contribution in [-0.4, -0.2) is 8.97 Å². The molecule has 5 heteroatoms. The van der Waals surface area contributed by atoms with Crippen molar-refractivity contribution >= 4 is 61.7 Å². The first kappa shape index (κ1) is 19.6. The van der Waals surface area contributed by atoms with E-state index in [9.17, 15) is 9.59 Å². The quantitative estimate of drug-likeness (QED) is 0.259. The van der Waals surface area contributed by atoms with Gasteiger partial charge in [-0.3, -0.25) is 4.79 Å². The van der Waals surface area contributed by atoms with Gasteiger partial charge in [0.15, 0.2) is 5.43 Å². The minimum Gasteiger partial charge on any atom is -0.410 e. The van der Waals surface area contributed by atoms with E-state index in [1.165, 1.54) is 4.40 Å². The SMILES string of the molecule is C=Cc1ccc2c(=O)c3ccc4c(c5ccccc5n4-c4ccccc4)c3n3c(=O)oc(=C)c1c23. The van der Waals surface area contributed by atoms with E-state index in [-0.39, 0.29) is 10.8 Å². The van der Waals surface area contributed by atoms with E-state index in [2.05, 4.69) is 17.7 Å². The predicted molar refractivity (Wildman–Crippen MR) is 142 cm³/mol. The molecule has 0 spiro atoms. The molecule has 166 valence electrons. The highest BCUT2D eigenvalue weighted by atomic mass is 16.4. The summed E-state index contributed by atoms with van der Waals surface area (Å²) in [5.74, 6) is -0.581. The van der Waals surface area contributed by atoms with Crippen LogP contribution in [0.25, 0.3) is 67.3 Å². The third-order valence-electron chi connectivity index (χ3n) is 6.86. The summed E-state index contributed by atoms with van der Waals surface area (Å²) in [6.45, 7) is 7.85. The molecule has 7 aromatic rings. The van der Waals surface area contributed by atoms with Crippen LogP contribution in [0.1, 0.15) is 5.56 Å². The number of pyridine rings is 1. The zero-order valence-electron chi connectivity index (χ0n) is 18.6. The molecule has 0 amide bonds. The summed E-state index contributed by atoms with van der Waals surface area (Å²) in [6.07, 6.45) is 1.68. The van der Waals surface area contributed by atoms with Gasteiger partial charge in [-0.15, -0.1) is 0 Å². The molecule has 4 aromatic carbocycles. The topological polar surface area (TPSA) is 56.6 Å². The Morgan fingerprint density at radius 1 is 0.714 bits per heavy atom. The van der Waals surface area contributed by atoms with Gasteiger partial charge in [0.2, 0.25) is 0 Å². The molecule has 0 fully saturated rings. The standard InChI is InChI=1S/C30H18N2O3/c1-3-18-13-14-21-27-25(18)17(2)35-30(34)32(27)28-22(29(21)33)15-16-24-26(28)20-11-7-8-12-23(20)31(24)19-9-5-4-6-10-19/h3-16H,1-2H2. The number of rotatable bonds is 2. The van der Waals surface area contributed by atoms with Crippen molar-refractivity contribution in [3.8, 4) is 5.69 Å². The highest BCUT2D eigenvalue weighted by Crippen LogP contribution is 2.37. The van der Waals surface area contributed by atoms with Crippen LogP contribution in [0, 0.1) is 0 Å². The van der Waals surface area contributed by atoms with Crippen LogP contribution in [0.4, 0.5) is 0 Å². The first-order chi connectivity index (χ1) is 17.1. The molecule has 5 nitrogen and oxygen atoms in total. The van der Waals surface area contributed by atoms with Crippen molar-refractivity contribution in [2.45, 2.75) is 0 Å². The molecule has 35 heavy (non-hydrogen) atoms. The van der Waals surface area contributed by atoms with Crippen LogP contribution in [0.3, 0.4) is 0 Å². The molecule has 0 aliphatic carbocycles. The zero-order valence-corrected chi connectivity index (χ0v) is 18.6. The van der Waals surface area contributed by atoms with E-state index < -0.39 is 5.76 Å². The second-order valence-electron chi connectivity index (χ2n) is 8.63. The van der Waals surface area contributed by atoms with Gasteiger partial charge in [0, 0.05) is 32.6 Å². The number of hydrogen-bond donors (Lipinski definition) is 0.